The van der Waals surface area contributed by atoms with E-state index < -0.39 is 10.0 Å². The van der Waals surface area contributed by atoms with E-state index in [0.717, 1.165) is 44.3 Å². The molecule has 2 aliphatic rings. The third-order valence-corrected chi connectivity index (χ3v) is 7.14. The second-order valence-electron chi connectivity index (χ2n) is 8.03. The summed E-state index contributed by atoms with van der Waals surface area (Å²) < 4.78 is 27.7. The zero-order valence-electron chi connectivity index (χ0n) is 16.7. The van der Waals surface area contributed by atoms with Gasteiger partial charge in [0.05, 0.1) is 4.90 Å². The summed E-state index contributed by atoms with van der Waals surface area (Å²) in [5, 5.41) is 3.39. The lowest BCUT2D eigenvalue weighted by Gasteiger charge is -2.37. The number of rotatable bonds is 5. The molecule has 3 atom stereocenters. The van der Waals surface area contributed by atoms with Gasteiger partial charge < -0.3 is 10.2 Å². The van der Waals surface area contributed by atoms with Crippen LogP contribution in [0.2, 0.25) is 0 Å². The van der Waals surface area contributed by atoms with Gasteiger partial charge in [-0.05, 0) is 64.1 Å². The number of hydrogen-bond donors (Lipinski definition) is 2. The van der Waals surface area contributed by atoms with Crippen molar-refractivity contribution in [1.82, 2.24) is 14.9 Å². The fourth-order valence-corrected chi connectivity index (χ4v) is 5.19. The van der Waals surface area contributed by atoms with Gasteiger partial charge in [0.15, 0.2) is 0 Å². The van der Waals surface area contributed by atoms with Crippen molar-refractivity contribution in [3.63, 3.8) is 0 Å². The molecule has 3 rings (SSSR count). The first-order valence-corrected chi connectivity index (χ1v) is 11.4. The van der Waals surface area contributed by atoms with Crippen LogP contribution < -0.4 is 10.0 Å². The monoisotopic (exact) mass is 429 g/mol. The van der Waals surface area contributed by atoms with Crippen LogP contribution in [0.1, 0.15) is 38.2 Å². The highest BCUT2D eigenvalue weighted by atomic mass is 35.5. The molecule has 2 N–H and O–H groups in total. The Morgan fingerprint density at radius 2 is 1.96 bits per heavy atom. The fourth-order valence-electron chi connectivity index (χ4n) is 4.07. The van der Waals surface area contributed by atoms with Crippen molar-refractivity contribution in [2.75, 3.05) is 26.2 Å². The van der Waals surface area contributed by atoms with Gasteiger partial charge in [-0.3, -0.25) is 4.79 Å². The van der Waals surface area contributed by atoms with E-state index in [1.807, 2.05) is 11.8 Å². The quantitative estimate of drug-likeness (QED) is 0.752. The topological polar surface area (TPSA) is 78.5 Å². The first-order valence-electron chi connectivity index (χ1n) is 9.93. The first kappa shape index (κ1) is 23.1. The van der Waals surface area contributed by atoms with Gasteiger partial charge in [0, 0.05) is 31.6 Å². The molecule has 1 aromatic carbocycles. The van der Waals surface area contributed by atoms with Crippen LogP contribution in [0.15, 0.2) is 29.2 Å². The second-order valence-corrected chi connectivity index (χ2v) is 9.80. The number of benzene rings is 1. The highest BCUT2D eigenvalue weighted by Gasteiger charge is 2.31. The van der Waals surface area contributed by atoms with Gasteiger partial charge in [0.1, 0.15) is 0 Å². The molecule has 0 saturated carbocycles. The van der Waals surface area contributed by atoms with Crippen molar-refractivity contribution in [3.05, 3.63) is 29.8 Å². The number of aryl methyl sites for hydroxylation is 1. The molecule has 2 saturated heterocycles. The van der Waals surface area contributed by atoms with Crippen LogP contribution in [0.5, 0.6) is 0 Å². The largest absolute Gasteiger partial charge is 0.342 e. The van der Waals surface area contributed by atoms with E-state index in [1.54, 1.807) is 24.3 Å². The molecule has 158 valence electrons. The summed E-state index contributed by atoms with van der Waals surface area (Å²) in [6.07, 6.45) is 3.66. The van der Waals surface area contributed by atoms with Crippen LogP contribution in [-0.4, -0.2) is 51.4 Å². The fraction of sp³-hybridized carbons (Fsp3) is 0.650. The van der Waals surface area contributed by atoms with Crippen molar-refractivity contribution in [2.45, 2.75) is 50.5 Å². The van der Waals surface area contributed by atoms with Crippen molar-refractivity contribution >= 4 is 28.3 Å². The molecule has 1 aromatic rings. The average molecular weight is 430 g/mol. The molecule has 28 heavy (non-hydrogen) atoms. The number of sulfonamides is 1. The summed E-state index contributed by atoms with van der Waals surface area (Å²) in [5.41, 5.74) is 1.03. The molecule has 0 bridgehead atoms. The maximum atomic E-state index is 12.9. The summed E-state index contributed by atoms with van der Waals surface area (Å²) in [7, 11) is -3.50. The highest BCUT2D eigenvalue weighted by molar-refractivity contribution is 7.89. The molecule has 0 aliphatic carbocycles. The number of hydrogen-bond acceptors (Lipinski definition) is 4. The van der Waals surface area contributed by atoms with Crippen molar-refractivity contribution < 1.29 is 13.2 Å². The SMILES string of the molecule is Cc1ccc(S(=O)(=O)NCC2CCCN(C(=O)[C@H]3CCN[C@@H](C)C3)C2)cc1.Cl. The van der Waals surface area contributed by atoms with Crippen LogP contribution in [0.25, 0.3) is 0 Å². The first-order chi connectivity index (χ1) is 12.8. The summed E-state index contributed by atoms with van der Waals surface area (Å²) >= 11 is 0. The molecule has 6 nitrogen and oxygen atoms in total. The van der Waals surface area contributed by atoms with E-state index in [-0.39, 0.29) is 30.2 Å². The Labute approximate surface area is 174 Å². The molecular weight excluding hydrogens is 398 g/mol. The van der Waals surface area contributed by atoms with E-state index in [1.165, 1.54) is 0 Å². The van der Waals surface area contributed by atoms with Crippen LogP contribution in [0, 0.1) is 18.8 Å². The van der Waals surface area contributed by atoms with E-state index >= 15 is 0 Å². The maximum absolute atomic E-state index is 12.9. The molecule has 8 heteroatoms. The number of likely N-dealkylation sites (tertiary alicyclic amines) is 1. The Morgan fingerprint density at radius 1 is 1.25 bits per heavy atom. The lowest BCUT2D eigenvalue weighted by atomic mass is 9.90. The van der Waals surface area contributed by atoms with Gasteiger partial charge in [0.2, 0.25) is 15.9 Å². The van der Waals surface area contributed by atoms with Crippen molar-refractivity contribution in [3.8, 4) is 0 Å². The van der Waals surface area contributed by atoms with Crippen LogP contribution in [0.4, 0.5) is 0 Å². The van der Waals surface area contributed by atoms with E-state index in [0.29, 0.717) is 24.0 Å². The van der Waals surface area contributed by atoms with E-state index in [4.69, 9.17) is 0 Å². The van der Waals surface area contributed by atoms with Crippen molar-refractivity contribution in [2.24, 2.45) is 11.8 Å². The Balaban J connectivity index is 0.00000280. The minimum atomic E-state index is -3.50. The second kappa shape index (κ2) is 10.1. The molecule has 1 amide bonds. The van der Waals surface area contributed by atoms with Gasteiger partial charge in [-0.25, -0.2) is 13.1 Å². The standard InChI is InChI=1S/C20H31N3O3S.ClH/c1-15-5-7-19(8-6-15)27(25,26)22-13-17-4-3-11-23(14-17)20(24)18-9-10-21-16(2)12-18;/h5-8,16-18,21-22H,3-4,9-14H2,1-2H3;1H/t16-,17?,18-;/m0./s1. The van der Waals surface area contributed by atoms with E-state index in [9.17, 15) is 13.2 Å². The third kappa shape index (κ3) is 5.92. The molecule has 2 heterocycles. The Kier molecular flexibility index (Phi) is 8.30. The van der Waals surface area contributed by atoms with Crippen LogP contribution in [0.3, 0.4) is 0 Å². The maximum Gasteiger partial charge on any atom is 0.240 e. The van der Waals surface area contributed by atoms with Gasteiger partial charge in [-0.2, -0.15) is 0 Å². The Morgan fingerprint density at radius 3 is 2.64 bits per heavy atom. The van der Waals surface area contributed by atoms with Gasteiger partial charge in [0.25, 0.3) is 0 Å². The van der Waals surface area contributed by atoms with E-state index in [2.05, 4.69) is 17.0 Å². The lowest BCUT2D eigenvalue weighted by Crippen LogP contribution is -2.48. The predicted octanol–water partition coefficient (Wildman–Crippen LogP) is 2.32. The zero-order valence-corrected chi connectivity index (χ0v) is 18.3. The van der Waals surface area contributed by atoms with Crippen LogP contribution >= 0.6 is 12.4 Å². The molecule has 2 aliphatic heterocycles. The number of halogens is 1. The summed E-state index contributed by atoms with van der Waals surface area (Å²) in [5.74, 6) is 0.515. The highest BCUT2D eigenvalue weighted by Crippen LogP contribution is 2.23. The summed E-state index contributed by atoms with van der Waals surface area (Å²) in [4.78, 5) is 15.1. The Hall–Kier alpha value is -1.15. The minimum Gasteiger partial charge on any atom is -0.342 e. The smallest absolute Gasteiger partial charge is 0.240 e. The normalized spacial score (nSPS) is 25.8. The molecule has 2 fully saturated rings. The summed E-state index contributed by atoms with van der Waals surface area (Å²) in [6, 6.07) is 7.25. The number of amides is 1. The predicted molar refractivity (Wildman–Crippen MR) is 113 cm³/mol. The molecule has 0 aromatic heterocycles. The van der Waals surface area contributed by atoms with Crippen molar-refractivity contribution in [1.29, 1.82) is 0 Å². The number of nitrogens with one attached hydrogen (secondary N) is 2. The van der Waals surface area contributed by atoms with Crippen LogP contribution in [-0.2, 0) is 14.8 Å². The Bertz CT molecular complexity index is 754. The van der Waals surface area contributed by atoms with Gasteiger partial charge in [-0.15, -0.1) is 12.4 Å². The molecule has 0 radical (unpaired) electrons. The molecule has 1 unspecified atom stereocenters. The van der Waals surface area contributed by atoms with Gasteiger partial charge in [-0.1, -0.05) is 17.7 Å². The molecule has 0 spiro atoms. The lowest BCUT2D eigenvalue weighted by molar-refractivity contribution is -0.138. The average Bonchev–Trinajstić information content (AvgIpc) is 2.66. The molecular formula is C20H32ClN3O3S. The minimum absolute atomic E-state index is 0. The number of carbonyl (C=O) groups is 1. The number of piperidine rings is 2. The van der Waals surface area contributed by atoms with Gasteiger partial charge >= 0.3 is 0 Å². The number of carbonyl (C=O) groups excluding carboxylic acids is 1. The third-order valence-electron chi connectivity index (χ3n) is 5.70. The number of nitrogens with zero attached hydrogens (tertiary/aromatic N) is 1. The summed E-state index contributed by atoms with van der Waals surface area (Å²) in [6.45, 7) is 6.76. The zero-order chi connectivity index (χ0) is 19.4.